The summed E-state index contributed by atoms with van der Waals surface area (Å²) in [4.78, 5) is 23.8. The number of aromatic nitrogens is 1. The molecule has 1 unspecified atom stereocenters. The van der Waals surface area contributed by atoms with Crippen molar-refractivity contribution in [1.29, 1.82) is 0 Å². The summed E-state index contributed by atoms with van der Waals surface area (Å²) in [5, 5.41) is 0.961. The lowest BCUT2D eigenvalue weighted by molar-refractivity contribution is 0.309. The number of nitrogens with zero attached hydrogens (tertiary/aromatic N) is 1. The lowest BCUT2D eigenvalue weighted by Gasteiger charge is -2.19. The van der Waals surface area contributed by atoms with E-state index in [4.69, 9.17) is 14.3 Å². The number of likely N-dealkylation sites (N-methyl/N-ethyl adjacent to an activating group) is 1. The summed E-state index contributed by atoms with van der Waals surface area (Å²) < 4.78 is 5.16. The highest BCUT2D eigenvalue weighted by Crippen LogP contribution is 2.37. The van der Waals surface area contributed by atoms with Crippen LogP contribution in [0.2, 0.25) is 0 Å². The fourth-order valence-electron chi connectivity index (χ4n) is 3.04. The topological polar surface area (TPSA) is 68.7 Å². The third-order valence-electron chi connectivity index (χ3n) is 4.06. The van der Waals surface area contributed by atoms with Gasteiger partial charge >= 0.3 is 8.60 Å². The Kier molecular flexibility index (Phi) is 3.94. The number of H-pyrrole nitrogens is 1. The van der Waals surface area contributed by atoms with Gasteiger partial charge in [-0.15, -0.1) is 0 Å². The second-order valence-electron chi connectivity index (χ2n) is 5.32. The molecule has 108 valence electrons. The largest absolute Gasteiger partial charge is 0.426 e. The zero-order valence-corrected chi connectivity index (χ0v) is 12.3. The maximum absolute atomic E-state index is 9.10. The fraction of sp³-hybridized carbons (Fsp3) is 0.429. The van der Waals surface area contributed by atoms with Gasteiger partial charge in [0.1, 0.15) is 5.75 Å². The SMILES string of the molecule is CN1CCCC1Cc1c[nH]c2cccc(OP(O)O)c12. The lowest BCUT2D eigenvalue weighted by Crippen LogP contribution is -2.26. The molecule has 0 amide bonds. The average molecular weight is 294 g/mol. The molecule has 0 saturated carbocycles. The van der Waals surface area contributed by atoms with Gasteiger partial charge in [-0.25, -0.2) is 0 Å². The first-order valence-electron chi connectivity index (χ1n) is 6.80. The van der Waals surface area contributed by atoms with E-state index in [-0.39, 0.29) is 0 Å². The summed E-state index contributed by atoms with van der Waals surface area (Å²) in [6.07, 6.45) is 5.40. The molecule has 3 N–H and O–H groups in total. The molecule has 0 aliphatic carbocycles. The summed E-state index contributed by atoms with van der Waals surface area (Å²) in [6, 6.07) is 6.14. The first-order valence-corrected chi connectivity index (χ1v) is 7.96. The molecule has 1 aliphatic heterocycles. The standard InChI is InChI=1S/C14H19N2O3P/c1-16-7-3-4-11(16)8-10-9-15-12-5-2-6-13(14(10)12)19-20(17)18/h2,5-6,9,11,15,17-18H,3-4,7-8H2,1H3. The summed E-state index contributed by atoms with van der Waals surface area (Å²) in [7, 11) is -0.234. The van der Waals surface area contributed by atoms with Crippen LogP contribution in [-0.4, -0.2) is 39.3 Å². The van der Waals surface area contributed by atoms with Crippen LogP contribution in [0.3, 0.4) is 0 Å². The van der Waals surface area contributed by atoms with Gasteiger partial charge in [0, 0.05) is 23.1 Å². The van der Waals surface area contributed by atoms with Crippen LogP contribution in [0.1, 0.15) is 18.4 Å². The van der Waals surface area contributed by atoms with Crippen LogP contribution in [0.15, 0.2) is 24.4 Å². The quantitative estimate of drug-likeness (QED) is 0.757. The number of nitrogens with one attached hydrogen (secondary N) is 1. The van der Waals surface area contributed by atoms with Gasteiger partial charge in [-0.3, -0.25) is 0 Å². The molecule has 0 spiro atoms. The molecule has 20 heavy (non-hydrogen) atoms. The van der Waals surface area contributed by atoms with Gasteiger partial charge in [0.2, 0.25) is 0 Å². The second-order valence-corrected chi connectivity index (χ2v) is 6.01. The van der Waals surface area contributed by atoms with Crippen molar-refractivity contribution in [2.24, 2.45) is 0 Å². The van der Waals surface area contributed by atoms with E-state index >= 15 is 0 Å². The predicted octanol–water partition coefficient (Wildman–Crippen LogP) is 2.39. The van der Waals surface area contributed by atoms with Crippen molar-refractivity contribution in [2.75, 3.05) is 13.6 Å². The van der Waals surface area contributed by atoms with Crippen LogP contribution in [-0.2, 0) is 6.42 Å². The van der Waals surface area contributed by atoms with Crippen molar-refractivity contribution in [2.45, 2.75) is 25.3 Å². The van der Waals surface area contributed by atoms with Crippen molar-refractivity contribution < 1.29 is 14.3 Å². The zero-order chi connectivity index (χ0) is 14.1. The van der Waals surface area contributed by atoms with Crippen LogP contribution in [0, 0.1) is 0 Å². The van der Waals surface area contributed by atoms with Crippen molar-refractivity contribution in [3.8, 4) is 5.75 Å². The van der Waals surface area contributed by atoms with E-state index in [1.165, 1.54) is 18.4 Å². The molecule has 2 aromatic rings. The zero-order valence-electron chi connectivity index (χ0n) is 11.4. The number of hydrogen-bond donors (Lipinski definition) is 3. The molecule has 1 aliphatic rings. The molecule has 0 radical (unpaired) electrons. The maximum Gasteiger partial charge on any atom is 0.391 e. The molecular formula is C14H19N2O3P. The number of fused-ring (bicyclic) bond motifs is 1. The van der Waals surface area contributed by atoms with E-state index in [1.807, 2.05) is 18.3 Å². The summed E-state index contributed by atoms with van der Waals surface area (Å²) in [6.45, 7) is 1.15. The summed E-state index contributed by atoms with van der Waals surface area (Å²) in [5.74, 6) is 0.538. The van der Waals surface area contributed by atoms with Gasteiger partial charge in [0.25, 0.3) is 0 Å². The van der Waals surface area contributed by atoms with Gasteiger partial charge in [0.15, 0.2) is 0 Å². The molecule has 6 heteroatoms. The smallest absolute Gasteiger partial charge is 0.391 e. The molecule has 0 bridgehead atoms. The molecule has 1 aromatic carbocycles. The highest BCUT2D eigenvalue weighted by atomic mass is 31.2. The second kappa shape index (κ2) is 5.70. The number of likely N-dealkylation sites (tertiary alicyclic amines) is 1. The molecule has 5 nitrogen and oxygen atoms in total. The lowest BCUT2D eigenvalue weighted by atomic mass is 10.0. The van der Waals surface area contributed by atoms with E-state index in [1.54, 1.807) is 6.07 Å². The average Bonchev–Trinajstić information content (AvgIpc) is 2.98. The fourth-order valence-corrected chi connectivity index (χ4v) is 3.36. The van der Waals surface area contributed by atoms with E-state index in [0.29, 0.717) is 11.8 Å². The first kappa shape index (κ1) is 13.8. The molecule has 1 saturated heterocycles. The first-order chi connectivity index (χ1) is 9.65. The Labute approximate surface area is 119 Å². The Hall–Kier alpha value is -1.13. The molecule has 2 heterocycles. The highest BCUT2D eigenvalue weighted by Gasteiger charge is 2.23. The van der Waals surface area contributed by atoms with E-state index in [9.17, 15) is 0 Å². The Bertz CT molecular complexity index is 599. The van der Waals surface area contributed by atoms with Crippen LogP contribution in [0.5, 0.6) is 5.75 Å². The maximum atomic E-state index is 9.10. The van der Waals surface area contributed by atoms with Gasteiger partial charge in [-0.2, -0.15) is 0 Å². The molecular weight excluding hydrogens is 275 g/mol. The molecule has 1 atom stereocenters. The summed E-state index contributed by atoms with van der Waals surface area (Å²) in [5.41, 5.74) is 2.14. The van der Waals surface area contributed by atoms with Gasteiger partial charge in [0.05, 0.1) is 0 Å². The third kappa shape index (κ3) is 2.67. The summed E-state index contributed by atoms with van der Waals surface area (Å²) >= 11 is 0. The molecule has 1 aromatic heterocycles. The van der Waals surface area contributed by atoms with Crippen LogP contribution in [0.25, 0.3) is 10.9 Å². The highest BCUT2D eigenvalue weighted by molar-refractivity contribution is 7.39. The van der Waals surface area contributed by atoms with E-state index in [2.05, 4.69) is 16.9 Å². The minimum absolute atomic E-state index is 0.538. The van der Waals surface area contributed by atoms with Crippen molar-refractivity contribution in [3.63, 3.8) is 0 Å². The monoisotopic (exact) mass is 294 g/mol. The molecule has 1 fully saturated rings. The molecule has 3 rings (SSSR count). The van der Waals surface area contributed by atoms with Crippen molar-refractivity contribution >= 4 is 19.5 Å². The minimum atomic E-state index is -2.39. The predicted molar refractivity (Wildman–Crippen MR) is 79.6 cm³/mol. The van der Waals surface area contributed by atoms with Crippen LogP contribution in [0.4, 0.5) is 0 Å². The number of benzene rings is 1. The van der Waals surface area contributed by atoms with Gasteiger partial charge in [-0.05, 0) is 50.6 Å². The Morgan fingerprint density at radius 2 is 2.30 bits per heavy atom. The van der Waals surface area contributed by atoms with Crippen molar-refractivity contribution in [1.82, 2.24) is 9.88 Å². The van der Waals surface area contributed by atoms with Crippen molar-refractivity contribution in [3.05, 3.63) is 30.0 Å². The minimum Gasteiger partial charge on any atom is -0.426 e. The van der Waals surface area contributed by atoms with Crippen LogP contribution >= 0.6 is 8.60 Å². The Balaban J connectivity index is 1.94. The normalized spacial score (nSPS) is 20.1. The van der Waals surface area contributed by atoms with Gasteiger partial charge in [-0.1, -0.05) is 6.07 Å². The van der Waals surface area contributed by atoms with E-state index < -0.39 is 8.60 Å². The van der Waals surface area contributed by atoms with E-state index in [0.717, 1.165) is 23.9 Å². The van der Waals surface area contributed by atoms with Crippen LogP contribution < -0.4 is 4.52 Å². The number of rotatable bonds is 4. The Morgan fingerprint density at radius 3 is 3.00 bits per heavy atom. The third-order valence-corrected chi connectivity index (χ3v) is 4.42. The van der Waals surface area contributed by atoms with Gasteiger partial charge < -0.3 is 24.2 Å². The number of aromatic amines is 1. The number of hydrogen-bond acceptors (Lipinski definition) is 4. The Morgan fingerprint density at radius 1 is 1.45 bits per heavy atom.